The number of hydrogen-bond donors (Lipinski definition) is 0. The Morgan fingerprint density at radius 2 is 1.57 bits per heavy atom. The van der Waals surface area contributed by atoms with E-state index in [4.69, 9.17) is 4.74 Å². The molecule has 21 heavy (non-hydrogen) atoms. The topological polar surface area (TPSA) is 26.3 Å². The van der Waals surface area contributed by atoms with Crippen molar-refractivity contribution in [2.45, 2.75) is 26.2 Å². The average Bonchev–Trinajstić information content (AvgIpc) is 2.54. The minimum absolute atomic E-state index is 0.113. The molecule has 0 spiro atoms. The van der Waals surface area contributed by atoms with E-state index < -0.39 is 0 Å². The molecular formula is C19H22O2. The number of carbonyl (C=O) groups is 1. The van der Waals surface area contributed by atoms with Crippen molar-refractivity contribution < 1.29 is 9.53 Å². The third-order valence-electron chi connectivity index (χ3n) is 3.82. The van der Waals surface area contributed by atoms with Crippen LogP contribution in [-0.2, 0) is 16.0 Å². The molecule has 0 fully saturated rings. The predicted octanol–water partition coefficient (Wildman–Crippen LogP) is 4.21. The minimum atomic E-state index is -0.158. The lowest BCUT2D eigenvalue weighted by molar-refractivity contribution is -0.148. The Kier molecular flexibility index (Phi) is 5.56. The summed E-state index contributed by atoms with van der Waals surface area (Å²) in [4.78, 5) is 12.3. The number of hydrogen-bond acceptors (Lipinski definition) is 2. The average molecular weight is 282 g/mol. The summed E-state index contributed by atoms with van der Waals surface area (Å²) in [5, 5.41) is 0. The lowest BCUT2D eigenvalue weighted by Gasteiger charge is -2.23. The minimum Gasteiger partial charge on any atom is -0.466 e. The Balaban J connectivity index is 2.21. The van der Waals surface area contributed by atoms with Crippen molar-refractivity contribution in [3.63, 3.8) is 0 Å². The van der Waals surface area contributed by atoms with Crippen molar-refractivity contribution in [3.8, 4) is 0 Å². The van der Waals surface area contributed by atoms with Crippen molar-refractivity contribution in [3.05, 3.63) is 71.8 Å². The molecule has 110 valence electrons. The molecule has 2 atom stereocenters. The first-order valence-electron chi connectivity index (χ1n) is 7.48. The first-order valence-corrected chi connectivity index (χ1v) is 7.48. The van der Waals surface area contributed by atoms with Crippen LogP contribution in [0.3, 0.4) is 0 Å². The normalized spacial score (nSPS) is 13.4. The second kappa shape index (κ2) is 7.63. The zero-order valence-electron chi connectivity index (χ0n) is 12.7. The van der Waals surface area contributed by atoms with Gasteiger partial charge in [-0.2, -0.15) is 0 Å². The van der Waals surface area contributed by atoms with Gasteiger partial charge in [-0.25, -0.2) is 0 Å². The fraction of sp³-hybridized carbons (Fsp3) is 0.316. The number of carbonyl (C=O) groups excluding carboxylic acids is 1. The third-order valence-corrected chi connectivity index (χ3v) is 3.82. The number of ether oxygens (including phenoxy) is 1. The van der Waals surface area contributed by atoms with Crippen molar-refractivity contribution in [1.82, 2.24) is 0 Å². The van der Waals surface area contributed by atoms with Crippen LogP contribution in [0.5, 0.6) is 0 Å². The van der Waals surface area contributed by atoms with Crippen LogP contribution in [0.2, 0.25) is 0 Å². The van der Waals surface area contributed by atoms with E-state index in [0.29, 0.717) is 13.0 Å². The van der Waals surface area contributed by atoms with Crippen LogP contribution in [0.15, 0.2) is 60.7 Å². The molecule has 0 aliphatic carbocycles. The molecule has 2 aromatic carbocycles. The summed E-state index contributed by atoms with van der Waals surface area (Å²) in [6.45, 7) is 4.37. The largest absolute Gasteiger partial charge is 0.466 e. The molecular weight excluding hydrogens is 260 g/mol. The molecule has 0 saturated carbocycles. The molecule has 0 aliphatic heterocycles. The zero-order chi connectivity index (χ0) is 15.1. The molecule has 2 rings (SSSR count). The Morgan fingerprint density at radius 3 is 2.14 bits per heavy atom. The van der Waals surface area contributed by atoms with Gasteiger partial charge in [-0.1, -0.05) is 67.6 Å². The Hall–Kier alpha value is -2.09. The summed E-state index contributed by atoms with van der Waals surface area (Å²) in [7, 11) is 0. The summed E-state index contributed by atoms with van der Waals surface area (Å²) >= 11 is 0. The smallest absolute Gasteiger partial charge is 0.309 e. The van der Waals surface area contributed by atoms with Gasteiger partial charge in [0.25, 0.3) is 0 Å². The van der Waals surface area contributed by atoms with E-state index in [0.717, 1.165) is 0 Å². The molecule has 2 aromatic rings. The zero-order valence-corrected chi connectivity index (χ0v) is 12.7. The standard InChI is InChI=1S/C19H22O2/c1-3-21-19(20)18(14-16-10-6-4-7-11-16)15(2)17-12-8-5-9-13-17/h4-13,15,18H,3,14H2,1-2H3/t15-,18+/m0/s1. The van der Waals surface area contributed by atoms with Gasteiger partial charge in [0.1, 0.15) is 0 Å². The van der Waals surface area contributed by atoms with E-state index in [1.54, 1.807) is 0 Å². The number of esters is 1. The monoisotopic (exact) mass is 282 g/mol. The summed E-state index contributed by atoms with van der Waals surface area (Å²) in [5.74, 6) is -0.141. The maximum atomic E-state index is 12.3. The van der Waals surface area contributed by atoms with Gasteiger partial charge in [0, 0.05) is 0 Å². The molecule has 0 saturated heterocycles. The fourth-order valence-corrected chi connectivity index (χ4v) is 2.57. The van der Waals surface area contributed by atoms with Crippen LogP contribution < -0.4 is 0 Å². The van der Waals surface area contributed by atoms with Crippen molar-refractivity contribution in [2.24, 2.45) is 5.92 Å². The molecule has 0 unspecified atom stereocenters. The first kappa shape index (κ1) is 15.3. The summed E-state index contributed by atoms with van der Waals surface area (Å²) in [5.41, 5.74) is 2.34. The van der Waals surface area contributed by atoms with Gasteiger partial charge in [-0.15, -0.1) is 0 Å². The highest BCUT2D eigenvalue weighted by atomic mass is 16.5. The molecule has 0 heterocycles. The third kappa shape index (κ3) is 4.19. The Morgan fingerprint density at radius 1 is 1.00 bits per heavy atom. The second-order valence-corrected chi connectivity index (χ2v) is 5.25. The van der Waals surface area contributed by atoms with Gasteiger partial charge < -0.3 is 4.74 Å². The van der Waals surface area contributed by atoms with Gasteiger partial charge in [0.2, 0.25) is 0 Å². The SMILES string of the molecule is CCOC(=O)[C@H](Cc1ccccc1)[C@@H](C)c1ccccc1. The fourth-order valence-electron chi connectivity index (χ4n) is 2.57. The summed E-state index contributed by atoms with van der Waals surface area (Å²) < 4.78 is 5.28. The van der Waals surface area contributed by atoms with Crippen LogP contribution in [0.1, 0.15) is 30.9 Å². The van der Waals surface area contributed by atoms with E-state index in [9.17, 15) is 4.79 Å². The maximum Gasteiger partial charge on any atom is 0.309 e. The number of rotatable bonds is 6. The Labute approximate surface area is 126 Å². The molecule has 0 amide bonds. The van der Waals surface area contributed by atoms with E-state index in [1.165, 1.54) is 11.1 Å². The molecule has 0 N–H and O–H groups in total. The van der Waals surface area contributed by atoms with Crippen LogP contribution in [-0.4, -0.2) is 12.6 Å². The number of benzene rings is 2. The molecule has 0 aromatic heterocycles. The predicted molar refractivity (Wildman–Crippen MR) is 85.1 cm³/mol. The van der Waals surface area contributed by atoms with Crippen LogP contribution >= 0.6 is 0 Å². The van der Waals surface area contributed by atoms with Crippen LogP contribution in [0.25, 0.3) is 0 Å². The quantitative estimate of drug-likeness (QED) is 0.742. The molecule has 2 heteroatoms. The maximum absolute atomic E-state index is 12.3. The van der Waals surface area contributed by atoms with E-state index in [1.807, 2.05) is 43.3 Å². The first-order chi connectivity index (χ1) is 10.2. The molecule has 2 nitrogen and oxygen atoms in total. The highest BCUT2D eigenvalue weighted by molar-refractivity contribution is 5.74. The van der Waals surface area contributed by atoms with E-state index in [2.05, 4.69) is 31.2 Å². The van der Waals surface area contributed by atoms with Gasteiger partial charge in [0.05, 0.1) is 12.5 Å². The van der Waals surface area contributed by atoms with E-state index in [-0.39, 0.29) is 17.8 Å². The highest BCUT2D eigenvalue weighted by Crippen LogP contribution is 2.28. The Bertz CT molecular complexity index is 548. The molecule has 0 radical (unpaired) electrons. The van der Waals surface area contributed by atoms with Crippen LogP contribution in [0, 0.1) is 5.92 Å². The van der Waals surface area contributed by atoms with Crippen molar-refractivity contribution in [2.75, 3.05) is 6.61 Å². The van der Waals surface area contributed by atoms with Gasteiger partial charge >= 0.3 is 5.97 Å². The molecule has 0 aliphatic rings. The highest BCUT2D eigenvalue weighted by Gasteiger charge is 2.27. The summed E-state index contributed by atoms with van der Waals surface area (Å²) in [6, 6.07) is 20.3. The second-order valence-electron chi connectivity index (χ2n) is 5.25. The summed E-state index contributed by atoms with van der Waals surface area (Å²) in [6.07, 6.45) is 0.704. The van der Waals surface area contributed by atoms with Crippen molar-refractivity contribution >= 4 is 5.97 Å². The van der Waals surface area contributed by atoms with Crippen LogP contribution in [0.4, 0.5) is 0 Å². The molecule has 0 bridgehead atoms. The lowest BCUT2D eigenvalue weighted by Crippen LogP contribution is -2.25. The van der Waals surface area contributed by atoms with Crippen molar-refractivity contribution in [1.29, 1.82) is 0 Å². The van der Waals surface area contributed by atoms with E-state index >= 15 is 0 Å². The lowest BCUT2D eigenvalue weighted by atomic mass is 9.83. The van der Waals surface area contributed by atoms with Gasteiger partial charge in [-0.3, -0.25) is 4.79 Å². The van der Waals surface area contributed by atoms with Gasteiger partial charge in [0.15, 0.2) is 0 Å². The van der Waals surface area contributed by atoms with Gasteiger partial charge in [-0.05, 0) is 30.4 Å².